The lowest BCUT2D eigenvalue weighted by Crippen LogP contribution is -1.97. The first-order valence-electron chi connectivity index (χ1n) is 21.5. The minimum Gasteiger partial charge on any atom is -0.455 e. The second-order valence-electron chi connectivity index (χ2n) is 16.4. The van der Waals surface area contributed by atoms with E-state index < -0.39 is 0 Å². The van der Waals surface area contributed by atoms with Gasteiger partial charge in [-0.05, 0) is 111 Å². The summed E-state index contributed by atoms with van der Waals surface area (Å²) in [5.74, 6) is 0.656. The molecule has 0 bridgehead atoms. The lowest BCUT2D eigenvalue weighted by Gasteiger charge is -2.14. The van der Waals surface area contributed by atoms with Gasteiger partial charge in [0.15, 0.2) is 5.82 Å². The molecule has 9 aromatic carbocycles. The van der Waals surface area contributed by atoms with E-state index in [1.807, 2.05) is 30.5 Å². The fraction of sp³-hybridized carbons (Fsp3) is 0. The van der Waals surface area contributed by atoms with Gasteiger partial charge in [0.05, 0.1) is 11.4 Å². The largest absolute Gasteiger partial charge is 0.455 e. The van der Waals surface area contributed by atoms with Crippen LogP contribution in [0.25, 0.3) is 133 Å². The molecule has 298 valence electrons. The summed E-state index contributed by atoms with van der Waals surface area (Å²) in [5, 5.41) is 8.88. The van der Waals surface area contributed by atoms with Crippen LogP contribution in [-0.2, 0) is 0 Å². The molecule has 13 aromatic rings. The van der Waals surface area contributed by atoms with Crippen molar-refractivity contribution in [3.05, 3.63) is 213 Å². The van der Waals surface area contributed by atoms with Gasteiger partial charge < -0.3 is 8.83 Å². The standard InChI is InChI=1S/C59H35N3O2/c1-2-12-38(13-3-1)59-61-53(42-15-8-14-39(28-42)43-16-9-27-60-35-43)34-54(62-59)46-30-44(40-21-25-55-51(32-40)49-23-19-36-10-4-6-17-47(36)57(49)63-55)29-45(31-46)41-22-26-56-52(33-41)50-24-20-37-11-5-7-18-48(37)58(50)64-56/h1-35H. The van der Waals surface area contributed by atoms with Crippen LogP contribution in [0.5, 0.6) is 0 Å². The Morgan fingerprint density at radius 2 is 0.812 bits per heavy atom. The van der Waals surface area contributed by atoms with E-state index in [1.54, 1.807) is 6.20 Å². The highest BCUT2D eigenvalue weighted by atomic mass is 16.3. The van der Waals surface area contributed by atoms with E-state index in [9.17, 15) is 0 Å². The summed E-state index contributed by atoms with van der Waals surface area (Å²) in [6.45, 7) is 0. The molecule has 13 rings (SSSR count). The molecule has 64 heavy (non-hydrogen) atoms. The van der Waals surface area contributed by atoms with E-state index in [4.69, 9.17) is 18.8 Å². The van der Waals surface area contributed by atoms with Gasteiger partial charge in [-0.1, -0.05) is 127 Å². The lowest BCUT2D eigenvalue weighted by molar-refractivity contribution is 0.672. The predicted octanol–water partition coefficient (Wildman–Crippen LogP) is 16.0. The van der Waals surface area contributed by atoms with Crippen molar-refractivity contribution in [2.75, 3.05) is 0 Å². The van der Waals surface area contributed by atoms with Gasteiger partial charge in [-0.25, -0.2) is 9.97 Å². The number of pyridine rings is 1. The summed E-state index contributed by atoms with van der Waals surface area (Å²) in [7, 11) is 0. The third-order valence-electron chi connectivity index (χ3n) is 12.5. The molecule has 4 heterocycles. The molecule has 0 aliphatic carbocycles. The van der Waals surface area contributed by atoms with Crippen LogP contribution in [0.3, 0.4) is 0 Å². The SMILES string of the molecule is c1ccc(-c2nc(-c3cccc(-c4cccnc4)c3)cc(-c3cc(-c4ccc5oc6c7ccccc7ccc6c5c4)cc(-c4ccc5oc6c7ccccc7ccc6c5c4)c3)n2)cc1. The number of fused-ring (bicyclic) bond motifs is 10. The van der Waals surface area contributed by atoms with E-state index in [0.29, 0.717) is 5.82 Å². The molecule has 0 N–H and O–H groups in total. The first kappa shape index (κ1) is 36.0. The summed E-state index contributed by atoms with van der Waals surface area (Å²) in [6.07, 6.45) is 3.69. The molecule has 0 spiro atoms. The number of hydrogen-bond acceptors (Lipinski definition) is 5. The third kappa shape index (κ3) is 6.05. The number of nitrogens with zero attached hydrogens (tertiary/aromatic N) is 3. The Morgan fingerprint density at radius 1 is 0.297 bits per heavy atom. The molecule has 0 saturated heterocycles. The smallest absolute Gasteiger partial charge is 0.160 e. The highest BCUT2D eigenvalue weighted by Gasteiger charge is 2.18. The van der Waals surface area contributed by atoms with Crippen molar-refractivity contribution in [3.63, 3.8) is 0 Å². The zero-order chi connectivity index (χ0) is 42.1. The zero-order valence-electron chi connectivity index (χ0n) is 34.4. The topological polar surface area (TPSA) is 65.0 Å². The molecule has 5 heteroatoms. The Hall–Kier alpha value is -8.67. The molecule has 4 aromatic heterocycles. The van der Waals surface area contributed by atoms with Gasteiger partial charge in [-0.3, -0.25) is 4.98 Å². The van der Waals surface area contributed by atoms with E-state index in [-0.39, 0.29) is 0 Å². The molecule has 0 amide bonds. The maximum atomic E-state index is 6.56. The second-order valence-corrected chi connectivity index (χ2v) is 16.4. The Balaban J connectivity index is 1.03. The molecular weight excluding hydrogens is 783 g/mol. The first-order chi connectivity index (χ1) is 31.7. The maximum Gasteiger partial charge on any atom is 0.160 e. The van der Waals surface area contributed by atoms with Crippen LogP contribution in [0, 0.1) is 0 Å². The summed E-state index contributed by atoms with van der Waals surface area (Å²) < 4.78 is 13.1. The fourth-order valence-electron chi connectivity index (χ4n) is 9.33. The quantitative estimate of drug-likeness (QED) is 0.167. The lowest BCUT2D eigenvalue weighted by atomic mass is 9.93. The van der Waals surface area contributed by atoms with Crippen molar-refractivity contribution in [1.29, 1.82) is 0 Å². The van der Waals surface area contributed by atoms with Crippen molar-refractivity contribution < 1.29 is 8.83 Å². The Kier molecular flexibility index (Phi) is 8.15. The number of hydrogen-bond donors (Lipinski definition) is 0. The number of benzene rings is 9. The Bertz CT molecular complexity index is 3790. The zero-order valence-corrected chi connectivity index (χ0v) is 34.4. The van der Waals surface area contributed by atoms with Crippen LogP contribution in [-0.4, -0.2) is 15.0 Å². The van der Waals surface area contributed by atoms with Crippen molar-refractivity contribution in [2.24, 2.45) is 0 Å². The summed E-state index contributed by atoms with van der Waals surface area (Å²) in [6, 6.07) is 70.3. The average molecular weight is 818 g/mol. The second kappa shape index (κ2) is 14.5. The van der Waals surface area contributed by atoms with Crippen LogP contribution < -0.4 is 0 Å². The summed E-state index contributed by atoms with van der Waals surface area (Å²) in [4.78, 5) is 14.9. The third-order valence-corrected chi connectivity index (χ3v) is 12.5. The summed E-state index contributed by atoms with van der Waals surface area (Å²) in [5.41, 5.74) is 14.5. The molecule has 0 saturated carbocycles. The van der Waals surface area contributed by atoms with Crippen molar-refractivity contribution in [3.8, 4) is 67.3 Å². The van der Waals surface area contributed by atoms with Crippen LogP contribution in [0.15, 0.2) is 221 Å². The molecule has 0 unspecified atom stereocenters. The van der Waals surface area contributed by atoms with Gasteiger partial charge in [0, 0.05) is 67.0 Å². The average Bonchev–Trinajstić information content (AvgIpc) is 3.95. The van der Waals surface area contributed by atoms with Crippen molar-refractivity contribution in [2.45, 2.75) is 0 Å². The molecule has 0 atom stereocenters. The van der Waals surface area contributed by atoms with Gasteiger partial charge in [0.2, 0.25) is 0 Å². The molecule has 0 aliphatic heterocycles. The van der Waals surface area contributed by atoms with Gasteiger partial charge in [-0.15, -0.1) is 0 Å². The Labute approximate surface area is 367 Å². The number of furan rings is 2. The monoisotopic (exact) mass is 817 g/mol. The molecule has 0 fully saturated rings. The highest BCUT2D eigenvalue weighted by molar-refractivity contribution is 6.17. The van der Waals surface area contributed by atoms with E-state index in [1.165, 1.54) is 0 Å². The highest BCUT2D eigenvalue weighted by Crippen LogP contribution is 2.41. The van der Waals surface area contributed by atoms with Crippen LogP contribution in [0.1, 0.15) is 0 Å². The Morgan fingerprint density at radius 3 is 1.44 bits per heavy atom. The summed E-state index contributed by atoms with van der Waals surface area (Å²) >= 11 is 0. The number of aromatic nitrogens is 3. The maximum absolute atomic E-state index is 6.56. The fourth-order valence-corrected chi connectivity index (χ4v) is 9.33. The van der Waals surface area contributed by atoms with Crippen molar-refractivity contribution >= 4 is 65.4 Å². The van der Waals surface area contributed by atoms with E-state index >= 15 is 0 Å². The molecule has 0 aliphatic rings. The van der Waals surface area contributed by atoms with E-state index in [2.05, 4.69) is 181 Å². The van der Waals surface area contributed by atoms with Gasteiger partial charge in [0.25, 0.3) is 0 Å². The molecule has 5 nitrogen and oxygen atoms in total. The molecule has 0 radical (unpaired) electrons. The van der Waals surface area contributed by atoms with E-state index in [0.717, 1.165) is 127 Å². The molecular formula is C59H35N3O2. The van der Waals surface area contributed by atoms with Crippen LogP contribution in [0.2, 0.25) is 0 Å². The normalized spacial score (nSPS) is 11.8. The van der Waals surface area contributed by atoms with Crippen molar-refractivity contribution in [1.82, 2.24) is 15.0 Å². The predicted molar refractivity (Wildman–Crippen MR) is 262 cm³/mol. The van der Waals surface area contributed by atoms with Gasteiger partial charge >= 0.3 is 0 Å². The van der Waals surface area contributed by atoms with Crippen LogP contribution >= 0.6 is 0 Å². The number of rotatable bonds is 6. The minimum atomic E-state index is 0.656. The van der Waals surface area contributed by atoms with Crippen LogP contribution in [0.4, 0.5) is 0 Å². The first-order valence-corrected chi connectivity index (χ1v) is 21.5. The minimum absolute atomic E-state index is 0.656. The van der Waals surface area contributed by atoms with Gasteiger partial charge in [-0.2, -0.15) is 0 Å². The van der Waals surface area contributed by atoms with Gasteiger partial charge in [0.1, 0.15) is 22.3 Å².